The predicted molar refractivity (Wildman–Crippen MR) is 123 cm³/mol. The number of rotatable bonds is 6. The zero-order valence-electron chi connectivity index (χ0n) is 19.0. The number of amides is 2. The number of likely N-dealkylation sites (tertiary alicyclic amines) is 1. The van der Waals surface area contributed by atoms with Crippen molar-refractivity contribution in [1.82, 2.24) is 10.2 Å². The molecule has 2 heterocycles. The summed E-state index contributed by atoms with van der Waals surface area (Å²) in [5.74, 6) is -1.54. The maximum absolute atomic E-state index is 13.3. The predicted octanol–water partition coefficient (Wildman–Crippen LogP) is 3.15. The van der Waals surface area contributed by atoms with E-state index in [2.05, 4.69) is 17.4 Å². The van der Waals surface area contributed by atoms with Crippen LogP contribution in [0.15, 0.2) is 48.5 Å². The first-order valence-electron chi connectivity index (χ1n) is 11.8. The Bertz CT molecular complexity index is 1070. The van der Waals surface area contributed by atoms with Gasteiger partial charge >= 0.3 is 12.1 Å². The number of ether oxygens (including phenoxy) is 2. The number of benzene rings is 2. The highest BCUT2D eigenvalue weighted by Gasteiger charge is 2.51. The number of nitrogens with one attached hydrogen (secondary N) is 1. The number of carbonyl (C=O) groups excluding carboxylic acids is 2. The summed E-state index contributed by atoms with van der Waals surface area (Å²) in [7, 11) is 0. The summed E-state index contributed by atoms with van der Waals surface area (Å²) in [6, 6.07) is 14.1. The zero-order chi connectivity index (χ0) is 23.8. The molecule has 0 aromatic heterocycles. The van der Waals surface area contributed by atoms with E-state index in [9.17, 15) is 19.5 Å². The van der Waals surface area contributed by atoms with Crippen LogP contribution in [0.1, 0.15) is 43.2 Å². The Kier molecular flexibility index (Phi) is 6.00. The van der Waals surface area contributed by atoms with Gasteiger partial charge in [-0.25, -0.2) is 9.59 Å². The highest BCUT2D eigenvalue weighted by Crippen LogP contribution is 2.44. The molecule has 2 aromatic carbocycles. The molecule has 1 unspecified atom stereocenters. The first-order chi connectivity index (χ1) is 16.5. The molecule has 8 nitrogen and oxygen atoms in total. The van der Waals surface area contributed by atoms with Crippen molar-refractivity contribution in [2.24, 2.45) is 0 Å². The standard InChI is InChI=1S/C26H28N2O6/c1-2-20(24(29)28-21-11-12-33-23(21)13-22(28)25(30)31)27-26(32)34-14-19-17-9-5-3-7-15(17)16-8-4-6-10-18(16)19/h3-10,19-23H,2,11-14H2,1H3,(H,27,32)(H,30,31)/t20-,21-,22?,23-/m0/s1. The van der Waals surface area contributed by atoms with Gasteiger partial charge in [-0.2, -0.15) is 0 Å². The first-order valence-corrected chi connectivity index (χ1v) is 11.8. The van der Waals surface area contributed by atoms with Gasteiger partial charge in [-0.15, -0.1) is 0 Å². The smallest absolute Gasteiger partial charge is 0.407 e. The number of nitrogens with zero attached hydrogens (tertiary/aromatic N) is 1. The van der Waals surface area contributed by atoms with Gasteiger partial charge in [-0.05, 0) is 35.1 Å². The molecular formula is C26H28N2O6. The van der Waals surface area contributed by atoms with Crippen LogP contribution in [-0.4, -0.2) is 65.4 Å². The molecule has 2 saturated heterocycles. The summed E-state index contributed by atoms with van der Waals surface area (Å²) in [6.07, 6.45) is 0.239. The normalized spacial score (nSPS) is 23.7. The second-order valence-corrected chi connectivity index (χ2v) is 9.03. The van der Waals surface area contributed by atoms with Crippen molar-refractivity contribution < 1.29 is 29.0 Å². The Morgan fingerprint density at radius 3 is 2.38 bits per heavy atom. The molecule has 3 aliphatic rings. The lowest BCUT2D eigenvalue weighted by molar-refractivity contribution is -0.150. The van der Waals surface area contributed by atoms with Gasteiger partial charge in [-0.3, -0.25) is 4.79 Å². The third kappa shape index (κ3) is 3.81. The number of carbonyl (C=O) groups is 3. The zero-order valence-corrected chi connectivity index (χ0v) is 19.0. The van der Waals surface area contributed by atoms with E-state index in [1.807, 2.05) is 36.4 Å². The third-order valence-electron chi connectivity index (χ3n) is 7.20. The van der Waals surface area contributed by atoms with E-state index in [0.717, 1.165) is 22.3 Å². The van der Waals surface area contributed by atoms with Gasteiger partial charge in [0.2, 0.25) is 5.91 Å². The van der Waals surface area contributed by atoms with Gasteiger partial charge in [0.25, 0.3) is 0 Å². The average molecular weight is 465 g/mol. The number of carboxylic acid groups (broad SMARTS) is 1. The van der Waals surface area contributed by atoms with E-state index >= 15 is 0 Å². The summed E-state index contributed by atoms with van der Waals surface area (Å²) in [5, 5.41) is 12.3. The van der Waals surface area contributed by atoms with E-state index in [1.54, 1.807) is 6.92 Å². The molecule has 2 fully saturated rings. The van der Waals surface area contributed by atoms with Crippen molar-refractivity contribution in [3.8, 4) is 11.1 Å². The number of hydrogen-bond acceptors (Lipinski definition) is 5. The Balaban J connectivity index is 1.26. The average Bonchev–Trinajstić information content (AvgIpc) is 3.52. The van der Waals surface area contributed by atoms with Crippen molar-refractivity contribution in [2.75, 3.05) is 13.2 Å². The van der Waals surface area contributed by atoms with Crippen LogP contribution in [0.4, 0.5) is 4.79 Å². The number of hydrogen-bond donors (Lipinski definition) is 2. The SMILES string of the molecule is CC[C@H](NC(=O)OCC1c2ccccc2-c2ccccc21)C(=O)N1C(C(=O)O)C[C@@H]2OCC[C@@H]21. The summed E-state index contributed by atoms with van der Waals surface area (Å²) in [5.41, 5.74) is 4.48. The quantitative estimate of drug-likeness (QED) is 0.681. The van der Waals surface area contributed by atoms with Crippen LogP contribution in [0.3, 0.4) is 0 Å². The molecule has 2 N–H and O–H groups in total. The molecule has 2 aromatic rings. The molecule has 0 radical (unpaired) electrons. The minimum absolute atomic E-state index is 0.0831. The Morgan fingerprint density at radius 1 is 1.12 bits per heavy atom. The second-order valence-electron chi connectivity index (χ2n) is 9.03. The molecule has 5 rings (SSSR count). The fraction of sp³-hybridized carbons (Fsp3) is 0.423. The van der Waals surface area contributed by atoms with E-state index in [-0.39, 0.29) is 31.1 Å². The summed E-state index contributed by atoms with van der Waals surface area (Å²) in [6.45, 7) is 2.42. The monoisotopic (exact) mass is 464 g/mol. The number of alkyl carbamates (subject to hydrolysis) is 1. The highest BCUT2D eigenvalue weighted by molar-refractivity contribution is 5.90. The van der Waals surface area contributed by atoms with Gasteiger partial charge in [0.05, 0.1) is 12.1 Å². The van der Waals surface area contributed by atoms with E-state index < -0.39 is 30.1 Å². The Morgan fingerprint density at radius 2 is 1.76 bits per heavy atom. The van der Waals surface area contributed by atoms with Gasteiger partial charge in [-0.1, -0.05) is 55.5 Å². The van der Waals surface area contributed by atoms with Gasteiger partial charge in [0.1, 0.15) is 18.7 Å². The Hall–Kier alpha value is -3.39. The lowest BCUT2D eigenvalue weighted by Crippen LogP contribution is -2.54. The van der Waals surface area contributed by atoms with Crippen LogP contribution < -0.4 is 5.32 Å². The summed E-state index contributed by atoms with van der Waals surface area (Å²) in [4.78, 5) is 39.2. The molecular weight excluding hydrogens is 436 g/mol. The maximum Gasteiger partial charge on any atom is 0.407 e. The lowest BCUT2D eigenvalue weighted by atomic mass is 9.98. The number of carboxylic acids is 1. The molecule has 8 heteroatoms. The molecule has 2 aliphatic heterocycles. The van der Waals surface area contributed by atoms with Gasteiger partial charge in [0.15, 0.2) is 0 Å². The van der Waals surface area contributed by atoms with E-state index in [1.165, 1.54) is 4.90 Å². The molecule has 0 saturated carbocycles. The highest BCUT2D eigenvalue weighted by atomic mass is 16.5. The number of fused-ring (bicyclic) bond motifs is 4. The fourth-order valence-corrected chi connectivity index (χ4v) is 5.58. The van der Waals surface area contributed by atoms with Crippen molar-refractivity contribution in [3.05, 3.63) is 59.7 Å². The third-order valence-corrected chi connectivity index (χ3v) is 7.20. The van der Waals surface area contributed by atoms with Crippen LogP contribution >= 0.6 is 0 Å². The van der Waals surface area contributed by atoms with Crippen molar-refractivity contribution >= 4 is 18.0 Å². The van der Waals surface area contributed by atoms with Crippen LogP contribution in [0.25, 0.3) is 11.1 Å². The molecule has 4 atom stereocenters. The van der Waals surface area contributed by atoms with Crippen LogP contribution in [0.2, 0.25) is 0 Å². The van der Waals surface area contributed by atoms with E-state index in [0.29, 0.717) is 19.4 Å². The summed E-state index contributed by atoms with van der Waals surface area (Å²) < 4.78 is 11.2. The minimum atomic E-state index is -1.05. The fourth-order valence-electron chi connectivity index (χ4n) is 5.58. The second kappa shape index (κ2) is 9.10. The maximum atomic E-state index is 13.3. The molecule has 0 bridgehead atoms. The van der Waals surface area contributed by atoms with Crippen LogP contribution in [0, 0.1) is 0 Å². The van der Waals surface area contributed by atoms with Crippen molar-refractivity contribution in [3.63, 3.8) is 0 Å². The van der Waals surface area contributed by atoms with Crippen molar-refractivity contribution in [1.29, 1.82) is 0 Å². The molecule has 1 aliphatic carbocycles. The van der Waals surface area contributed by atoms with Gasteiger partial charge < -0.3 is 24.8 Å². The number of aliphatic carboxylic acids is 1. The summed E-state index contributed by atoms with van der Waals surface area (Å²) >= 11 is 0. The van der Waals surface area contributed by atoms with Crippen LogP contribution in [0.5, 0.6) is 0 Å². The van der Waals surface area contributed by atoms with Crippen molar-refractivity contribution in [2.45, 2.75) is 56.3 Å². The topological polar surface area (TPSA) is 105 Å². The largest absolute Gasteiger partial charge is 0.480 e. The Labute approximate surface area is 197 Å². The molecule has 0 spiro atoms. The van der Waals surface area contributed by atoms with Gasteiger partial charge in [0, 0.05) is 18.9 Å². The lowest BCUT2D eigenvalue weighted by Gasteiger charge is -2.30. The molecule has 34 heavy (non-hydrogen) atoms. The van der Waals surface area contributed by atoms with E-state index in [4.69, 9.17) is 9.47 Å². The molecule has 178 valence electrons. The molecule has 2 amide bonds. The first kappa shape index (κ1) is 22.4. The minimum Gasteiger partial charge on any atom is -0.480 e. The van der Waals surface area contributed by atoms with Crippen LogP contribution in [-0.2, 0) is 19.1 Å².